The molecule has 24 heavy (non-hydrogen) atoms. The van der Waals surface area contributed by atoms with Gasteiger partial charge in [0.2, 0.25) is 0 Å². The second-order valence-electron chi connectivity index (χ2n) is 7.10. The normalized spacial score (nSPS) is 24.5. The van der Waals surface area contributed by atoms with Crippen LogP contribution in [-0.2, 0) is 9.53 Å². The average Bonchev–Trinajstić information content (AvgIpc) is 2.54. The Morgan fingerprint density at radius 3 is 2.50 bits per heavy atom. The van der Waals surface area contributed by atoms with Gasteiger partial charge in [-0.05, 0) is 49.3 Å². The zero-order valence-electron chi connectivity index (χ0n) is 14.2. The lowest BCUT2D eigenvalue weighted by Gasteiger charge is -2.39. The summed E-state index contributed by atoms with van der Waals surface area (Å²) >= 11 is 0. The highest BCUT2D eigenvalue weighted by Gasteiger charge is 2.44. The Balaban J connectivity index is 1.72. The molecule has 5 nitrogen and oxygen atoms in total. The SMILES string of the molecule is COCC1(C(=O)O)CCCN(C(=O)c2ccc(C3CCC3)cc2)C1. The third-order valence-electron chi connectivity index (χ3n) is 5.47. The Bertz CT molecular complexity index is 604. The van der Waals surface area contributed by atoms with E-state index in [-0.39, 0.29) is 19.1 Å². The molecule has 1 heterocycles. The molecule has 1 amide bonds. The summed E-state index contributed by atoms with van der Waals surface area (Å²) in [6.07, 6.45) is 4.98. The Morgan fingerprint density at radius 2 is 1.96 bits per heavy atom. The molecule has 1 N–H and O–H groups in total. The fraction of sp³-hybridized carbons (Fsp3) is 0.579. The number of benzene rings is 1. The topological polar surface area (TPSA) is 66.8 Å². The number of aliphatic carboxylic acids is 1. The van der Waals surface area contributed by atoms with Gasteiger partial charge in [-0.25, -0.2) is 0 Å². The maximum atomic E-state index is 12.8. The molecule has 1 unspecified atom stereocenters. The number of nitrogens with zero attached hydrogens (tertiary/aromatic N) is 1. The summed E-state index contributed by atoms with van der Waals surface area (Å²) in [5.74, 6) is -0.329. The van der Waals surface area contributed by atoms with Gasteiger partial charge in [0.15, 0.2) is 0 Å². The van der Waals surface area contributed by atoms with Gasteiger partial charge in [0.25, 0.3) is 5.91 Å². The summed E-state index contributed by atoms with van der Waals surface area (Å²) in [7, 11) is 1.50. The number of rotatable bonds is 5. The largest absolute Gasteiger partial charge is 0.481 e. The Morgan fingerprint density at radius 1 is 1.25 bits per heavy atom. The number of carboxylic acids is 1. The molecule has 0 bridgehead atoms. The summed E-state index contributed by atoms with van der Waals surface area (Å²) in [6.45, 7) is 0.939. The van der Waals surface area contributed by atoms with Crippen molar-refractivity contribution in [2.75, 3.05) is 26.8 Å². The predicted octanol–water partition coefficient (Wildman–Crippen LogP) is 2.91. The molecule has 0 spiro atoms. The van der Waals surface area contributed by atoms with Crippen LogP contribution in [-0.4, -0.2) is 48.7 Å². The minimum Gasteiger partial charge on any atom is -0.481 e. The Labute approximate surface area is 142 Å². The standard InChI is InChI=1S/C19H25NO4/c1-24-13-19(18(22)23)10-3-11-20(12-19)17(21)16-8-6-15(7-9-16)14-4-2-5-14/h6-9,14H,2-5,10-13H2,1H3,(H,22,23). The number of piperidine rings is 1. The summed E-state index contributed by atoms with van der Waals surface area (Å²) in [4.78, 5) is 26.1. The molecule has 3 rings (SSSR count). The van der Waals surface area contributed by atoms with E-state index in [9.17, 15) is 14.7 Å². The fourth-order valence-electron chi connectivity index (χ4n) is 3.76. The van der Waals surface area contributed by atoms with E-state index in [4.69, 9.17) is 4.74 Å². The third-order valence-corrected chi connectivity index (χ3v) is 5.47. The number of hydrogen-bond donors (Lipinski definition) is 1. The van der Waals surface area contributed by atoms with Gasteiger partial charge in [-0.2, -0.15) is 0 Å². The average molecular weight is 331 g/mol. The molecule has 5 heteroatoms. The lowest BCUT2D eigenvalue weighted by Crippen LogP contribution is -2.52. The number of carbonyl (C=O) groups excluding carboxylic acids is 1. The minimum absolute atomic E-state index is 0.0865. The smallest absolute Gasteiger partial charge is 0.313 e. The molecule has 1 aliphatic heterocycles. The molecule has 0 radical (unpaired) electrons. The third kappa shape index (κ3) is 3.18. The molecular weight excluding hydrogens is 306 g/mol. The van der Waals surface area contributed by atoms with Crippen molar-refractivity contribution < 1.29 is 19.4 Å². The first kappa shape index (κ1) is 17.0. The van der Waals surface area contributed by atoms with Crippen LogP contribution in [0, 0.1) is 5.41 Å². The summed E-state index contributed by atoms with van der Waals surface area (Å²) < 4.78 is 5.12. The van der Waals surface area contributed by atoms with E-state index in [0.29, 0.717) is 30.9 Å². The van der Waals surface area contributed by atoms with Crippen molar-refractivity contribution in [2.45, 2.75) is 38.0 Å². The first-order chi connectivity index (χ1) is 11.6. The first-order valence-corrected chi connectivity index (χ1v) is 8.67. The van der Waals surface area contributed by atoms with Crippen LogP contribution < -0.4 is 0 Å². The first-order valence-electron chi connectivity index (χ1n) is 8.67. The second-order valence-corrected chi connectivity index (χ2v) is 7.10. The number of ether oxygens (including phenoxy) is 1. The quantitative estimate of drug-likeness (QED) is 0.901. The molecule has 1 saturated heterocycles. The summed E-state index contributed by atoms with van der Waals surface area (Å²) in [5, 5.41) is 9.60. The number of carbonyl (C=O) groups is 2. The van der Waals surface area contributed by atoms with Crippen LogP contribution in [0.2, 0.25) is 0 Å². The van der Waals surface area contributed by atoms with Crippen LogP contribution in [0.5, 0.6) is 0 Å². The van der Waals surface area contributed by atoms with Crippen LogP contribution >= 0.6 is 0 Å². The van der Waals surface area contributed by atoms with E-state index >= 15 is 0 Å². The highest BCUT2D eigenvalue weighted by molar-refractivity contribution is 5.94. The molecule has 0 aromatic heterocycles. The Kier molecular flexibility index (Phi) is 4.90. The van der Waals surface area contributed by atoms with E-state index < -0.39 is 11.4 Å². The number of likely N-dealkylation sites (tertiary alicyclic amines) is 1. The van der Waals surface area contributed by atoms with Gasteiger partial charge in [0.05, 0.1) is 6.61 Å². The lowest BCUT2D eigenvalue weighted by atomic mass is 9.79. The van der Waals surface area contributed by atoms with Crippen LogP contribution in [0.3, 0.4) is 0 Å². The van der Waals surface area contributed by atoms with Crippen LogP contribution in [0.15, 0.2) is 24.3 Å². The lowest BCUT2D eigenvalue weighted by molar-refractivity contribution is -0.155. The molecule has 130 valence electrons. The van der Waals surface area contributed by atoms with Crippen molar-refractivity contribution in [3.8, 4) is 0 Å². The van der Waals surface area contributed by atoms with E-state index in [1.807, 2.05) is 24.3 Å². The van der Waals surface area contributed by atoms with Crippen molar-refractivity contribution in [3.63, 3.8) is 0 Å². The summed E-state index contributed by atoms with van der Waals surface area (Å²) in [6, 6.07) is 7.84. The molecule has 1 aromatic rings. The van der Waals surface area contributed by atoms with E-state index in [2.05, 4.69) is 0 Å². The highest BCUT2D eigenvalue weighted by Crippen LogP contribution is 2.36. The molecule has 1 saturated carbocycles. The van der Waals surface area contributed by atoms with Crippen molar-refractivity contribution in [1.82, 2.24) is 4.90 Å². The van der Waals surface area contributed by atoms with Gasteiger partial charge in [-0.15, -0.1) is 0 Å². The summed E-state index contributed by atoms with van der Waals surface area (Å²) in [5.41, 5.74) is 0.946. The molecular formula is C19H25NO4. The van der Waals surface area contributed by atoms with Crippen molar-refractivity contribution >= 4 is 11.9 Å². The van der Waals surface area contributed by atoms with Crippen molar-refractivity contribution in [3.05, 3.63) is 35.4 Å². The van der Waals surface area contributed by atoms with Gasteiger partial charge in [0, 0.05) is 25.8 Å². The fourth-order valence-corrected chi connectivity index (χ4v) is 3.76. The van der Waals surface area contributed by atoms with Gasteiger partial charge < -0.3 is 14.7 Å². The number of methoxy groups -OCH3 is 1. The van der Waals surface area contributed by atoms with E-state index in [0.717, 1.165) is 0 Å². The molecule has 1 aromatic carbocycles. The zero-order valence-corrected chi connectivity index (χ0v) is 14.2. The predicted molar refractivity (Wildman–Crippen MR) is 90.1 cm³/mol. The van der Waals surface area contributed by atoms with Gasteiger partial charge >= 0.3 is 5.97 Å². The molecule has 1 aliphatic carbocycles. The van der Waals surface area contributed by atoms with Gasteiger partial charge in [0.1, 0.15) is 5.41 Å². The van der Waals surface area contributed by atoms with Crippen molar-refractivity contribution in [2.24, 2.45) is 5.41 Å². The van der Waals surface area contributed by atoms with E-state index in [1.165, 1.54) is 31.9 Å². The number of hydrogen-bond acceptors (Lipinski definition) is 3. The van der Waals surface area contributed by atoms with Crippen LogP contribution in [0.1, 0.15) is 53.9 Å². The van der Waals surface area contributed by atoms with E-state index in [1.54, 1.807) is 4.90 Å². The van der Waals surface area contributed by atoms with Crippen molar-refractivity contribution in [1.29, 1.82) is 0 Å². The monoisotopic (exact) mass is 331 g/mol. The molecule has 2 fully saturated rings. The second kappa shape index (κ2) is 6.93. The highest BCUT2D eigenvalue weighted by atomic mass is 16.5. The maximum absolute atomic E-state index is 12.8. The van der Waals surface area contributed by atoms with Crippen LogP contribution in [0.4, 0.5) is 0 Å². The molecule has 2 aliphatic rings. The zero-order chi connectivity index (χ0) is 17.2. The number of carboxylic acid groups (broad SMARTS) is 1. The Hall–Kier alpha value is -1.88. The number of amides is 1. The minimum atomic E-state index is -0.992. The van der Waals surface area contributed by atoms with Gasteiger partial charge in [-0.3, -0.25) is 9.59 Å². The maximum Gasteiger partial charge on any atom is 0.313 e. The molecule has 1 atom stereocenters. The van der Waals surface area contributed by atoms with Crippen LogP contribution in [0.25, 0.3) is 0 Å². The van der Waals surface area contributed by atoms with Gasteiger partial charge in [-0.1, -0.05) is 18.6 Å².